The number of nitrogens with zero attached hydrogens (tertiary/aromatic N) is 4. The summed E-state index contributed by atoms with van der Waals surface area (Å²) < 4.78 is 39.3. The van der Waals surface area contributed by atoms with Gasteiger partial charge in [-0.15, -0.1) is 11.3 Å². The third kappa shape index (κ3) is 4.00. The molecule has 4 aromatic rings. The van der Waals surface area contributed by atoms with Gasteiger partial charge in [-0.05, 0) is 35.9 Å². The van der Waals surface area contributed by atoms with Crippen molar-refractivity contribution in [2.24, 2.45) is 0 Å². The Morgan fingerprint density at radius 1 is 0.906 bits per heavy atom. The SMILES string of the molecule is FC(F)(F)c1cccc(N2CCN(c3ncnc4scc(-c5ccc(Cl)cc5)c34)CC2)c1. The van der Waals surface area contributed by atoms with Crippen molar-refractivity contribution in [1.29, 1.82) is 0 Å². The standard InChI is InChI=1S/C23H18ClF3N4S/c24-17-6-4-15(5-7-17)19-13-32-22-20(19)21(28-14-29-22)31-10-8-30(9-11-31)18-3-1-2-16(12-18)23(25,26)27/h1-7,12-14H,8-11H2. The Balaban J connectivity index is 1.41. The zero-order valence-electron chi connectivity index (χ0n) is 16.8. The van der Waals surface area contributed by atoms with Gasteiger partial charge in [0.25, 0.3) is 0 Å². The van der Waals surface area contributed by atoms with Gasteiger partial charge in [0.2, 0.25) is 0 Å². The number of halogens is 4. The van der Waals surface area contributed by atoms with E-state index in [2.05, 4.69) is 20.2 Å². The molecule has 164 valence electrons. The van der Waals surface area contributed by atoms with E-state index >= 15 is 0 Å². The van der Waals surface area contributed by atoms with Crippen LogP contribution in [0.1, 0.15) is 5.56 Å². The Kier molecular flexibility index (Phi) is 5.43. The molecule has 0 bridgehead atoms. The van der Waals surface area contributed by atoms with E-state index < -0.39 is 11.7 Å². The predicted octanol–water partition coefficient (Wildman–Crippen LogP) is 6.36. The molecule has 3 heterocycles. The second-order valence-electron chi connectivity index (χ2n) is 7.56. The van der Waals surface area contributed by atoms with Crippen molar-refractivity contribution in [3.8, 4) is 11.1 Å². The lowest BCUT2D eigenvalue weighted by atomic mass is 10.1. The number of benzene rings is 2. The average molecular weight is 475 g/mol. The number of hydrogen-bond donors (Lipinski definition) is 0. The molecular formula is C23H18ClF3N4S. The van der Waals surface area contributed by atoms with Crippen LogP contribution in [0.2, 0.25) is 5.02 Å². The number of hydrogen-bond acceptors (Lipinski definition) is 5. The quantitative estimate of drug-likeness (QED) is 0.346. The van der Waals surface area contributed by atoms with Gasteiger partial charge in [0, 0.05) is 47.8 Å². The molecular weight excluding hydrogens is 457 g/mol. The molecule has 2 aromatic heterocycles. The number of rotatable bonds is 3. The van der Waals surface area contributed by atoms with E-state index in [4.69, 9.17) is 11.6 Å². The van der Waals surface area contributed by atoms with E-state index in [0.29, 0.717) is 36.9 Å². The van der Waals surface area contributed by atoms with Crippen molar-refractivity contribution in [2.75, 3.05) is 36.0 Å². The molecule has 1 saturated heterocycles. The van der Waals surface area contributed by atoms with Crippen molar-refractivity contribution in [1.82, 2.24) is 9.97 Å². The number of aromatic nitrogens is 2. The van der Waals surface area contributed by atoms with Gasteiger partial charge >= 0.3 is 6.18 Å². The van der Waals surface area contributed by atoms with Crippen molar-refractivity contribution < 1.29 is 13.2 Å². The first-order chi connectivity index (χ1) is 15.4. The summed E-state index contributed by atoms with van der Waals surface area (Å²) in [6.45, 7) is 2.51. The highest BCUT2D eigenvalue weighted by Crippen LogP contribution is 2.39. The van der Waals surface area contributed by atoms with Gasteiger partial charge in [-0.1, -0.05) is 29.8 Å². The lowest BCUT2D eigenvalue weighted by Crippen LogP contribution is -2.47. The van der Waals surface area contributed by atoms with Gasteiger partial charge in [-0.25, -0.2) is 9.97 Å². The van der Waals surface area contributed by atoms with Crippen LogP contribution >= 0.6 is 22.9 Å². The Morgan fingerprint density at radius 2 is 1.62 bits per heavy atom. The maximum absolute atomic E-state index is 13.1. The Bertz CT molecular complexity index is 1250. The summed E-state index contributed by atoms with van der Waals surface area (Å²) in [6.07, 6.45) is -2.78. The summed E-state index contributed by atoms with van der Waals surface area (Å²) in [5, 5.41) is 3.74. The maximum Gasteiger partial charge on any atom is 0.416 e. The van der Waals surface area contributed by atoms with E-state index in [9.17, 15) is 13.2 Å². The van der Waals surface area contributed by atoms with Crippen LogP contribution in [0.5, 0.6) is 0 Å². The molecule has 1 aliphatic heterocycles. The van der Waals surface area contributed by atoms with E-state index in [1.54, 1.807) is 23.7 Å². The van der Waals surface area contributed by atoms with Crippen LogP contribution < -0.4 is 9.80 Å². The molecule has 1 fully saturated rings. The van der Waals surface area contributed by atoms with Crippen LogP contribution in [0.4, 0.5) is 24.7 Å². The molecule has 0 aliphatic carbocycles. The molecule has 1 aliphatic rings. The van der Waals surface area contributed by atoms with Gasteiger partial charge < -0.3 is 9.80 Å². The zero-order valence-corrected chi connectivity index (χ0v) is 18.4. The fourth-order valence-electron chi connectivity index (χ4n) is 4.00. The smallest absolute Gasteiger partial charge is 0.368 e. The van der Waals surface area contributed by atoms with Crippen LogP contribution in [-0.4, -0.2) is 36.1 Å². The zero-order chi connectivity index (χ0) is 22.3. The molecule has 0 radical (unpaired) electrons. The highest BCUT2D eigenvalue weighted by atomic mass is 35.5. The molecule has 5 rings (SSSR count). The minimum Gasteiger partial charge on any atom is -0.368 e. The highest BCUT2D eigenvalue weighted by Gasteiger charge is 2.31. The summed E-state index contributed by atoms with van der Waals surface area (Å²) >= 11 is 7.61. The van der Waals surface area contributed by atoms with Crippen molar-refractivity contribution >= 4 is 44.7 Å². The summed E-state index contributed by atoms with van der Waals surface area (Å²) in [7, 11) is 0. The summed E-state index contributed by atoms with van der Waals surface area (Å²) in [5.41, 5.74) is 2.06. The first-order valence-corrected chi connectivity index (χ1v) is 11.3. The second-order valence-corrected chi connectivity index (χ2v) is 8.85. The fraction of sp³-hybridized carbons (Fsp3) is 0.217. The molecule has 0 amide bonds. The number of fused-ring (bicyclic) bond motifs is 1. The summed E-state index contributed by atoms with van der Waals surface area (Å²) in [6, 6.07) is 13.2. The van der Waals surface area contributed by atoms with Gasteiger partial charge in [-0.3, -0.25) is 0 Å². The molecule has 0 atom stereocenters. The lowest BCUT2D eigenvalue weighted by Gasteiger charge is -2.37. The third-order valence-electron chi connectivity index (χ3n) is 5.62. The van der Waals surface area contributed by atoms with Gasteiger partial charge in [-0.2, -0.15) is 13.2 Å². The number of alkyl halides is 3. The molecule has 0 unspecified atom stereocenters. The first-order valence-electron chi connectivity index (χ1n) is 10.1. The Hall–Kier alpha value is -2.84. The Labute approximate surface area is 191 Å². The van der Waals surface area contributed by atoms with E-state index in [-0.39, 0.29) is 0 Å². The van der Waals surface area contributed by atoms with Gasteiger partial charge in [0.05, 0.1) is 10.9 Å². The molecule has 4 nitrogen and oxygen atoms in total. The molecule has 0 spiro atoms. The second kappa shape index (κ2) is 8.26. The van der Waals surface area contributed by atoms with Crippen molar-refractivity contribution in [3.63, 3.8) is 0 Å². The van der Waals surface area contributed by atoms with Crippen LogP contribution in [0, 0.1) is 0 Å². The highest BCUT2D eigenvalue weighted by molar-refractivity contribution is 7.17. The maximum atomic E-state index is 13.1. The number of anilines is 2. The average Bonchev–Trinajstić information content (AvgIpc) is 3.24. The largest absolute Gasteiger partial charge is 0.416 e. The molecule has 0 N–H and O–H groups in total. The number of piperazine rings is 1. The molecule has 32 heavy (non-hydrogen) atoms. The lowest BCUT2D eigenvalue weighted by molar-refractivity contribution is -0.137. The summed E-state index contributed by atoms with van der Waals surface area (Å²) in [5.74, 6) is 0.852. The monoisotopic (exact) mass is 474 g/mol. The van der Waals surface area contributed by atoms with Gasteiger partial charge in [0.15, 0.2) is 0 Å². The molecule has 9 heteroatoms. The van der Waals surface area contributed by atoms with E-state index in [1.165, 1.54) is 12.1 Å². The minimum absolute atomic E-state index is 0.588. The van der Waals surface area contributed by atoms with Crippen LogP contribution in [0.3, 0.4) is 0 Å². The van der Waals surface area contributed by atoms with Crippen LogP contribution in [0.25, 0.3) is 21.3 Å². The molecule has 2 aromatic carbocycles. The normalized spacial score (nSPS) is 14.9. The number of thiophene rings is 1. The fourth-order valence-corrected chi connectivity index (χ4v) is 5.03. The van der Waals surface area contributed by atoms with Crippen LogP contribution in [-0.2, 0) is 6.18 Å². The van der Waals surface area contributed by atoms with E-state index in [1.807, 2.05) is 29.2 Å². The minimum atomic E-state index is -4.35. The molecule has 0 saturated carbocycles. The van der Waals surface area contributed by atoms with Crippen molar-refractivity contribution in [3.05, 3.63) is 70.8 Å². The topological polar surface area (TPSA) is 32.3 Å². The Morgan fingerprint density at radius 3 is 2.34 bits per heavy atom. The first kappa shape index (κ1) is 21.0. The van der Waals surface area contributed by atoms with Gasteiger partial charge in [0.1, 0.15) is 17.0 Å². The predicted molar refractivity (Wildman–Crippen MR) is 124 cm³/mol. The van der Waals surface area contributed by atoms with E-state index in [0.717, 1.165) is 33.2 Å². The van der Waals surface area contributed by atoms with Crippen molar-refractivity contribution in [2.45, 2.75) is 6.18 Å². The third-order valence-corrected chi connectivity index (χ3v) is 6.76. The van der Waals surface area contributed by atoms with Crippen LogP contribution in [0.15, 0.2) is 60.2 Å². The summed E-state index contributed by atoms with van der Waals surface area (Å²) in [4.78, 5) is 14.1.